The van der Waals surface area contributed by atoms with E-state index in [1.165, 1.54) is 11.3 Å². The zero-order valence-corrected chi connectivity index (χ0v) is 12.9. The fraction of sp³-hybridized carbons (Fsp3) is 0.357. The van der Waals surface area contributed by atoms with Crippen molar-refractivity contribution in [1.29, 1.82) is 0 Å². The van der Waals surface area contributed by atoms with Gasteiger partial charge in [0.2, 0.25) is 0 Å². The number of hydrogen-bond donors (Lipinski definition) is 1. The monoisotopic (exact) mass is 329 g/mol. The van der Waals surface area contributed by atoms with Crippen molar-refractivity contribution in [2.24, 2.45) is 0 Å². The van der Waals surface area contributed by atoms with Crippen LogP contribution in [0.25, 0.3) is 10.1 Å². The summed E-state index contributed by atoms with van der Waals surface area (Å²) >= 11 is 13.7. The van der Waals surface area contributed by atoms with E-state index in [1.54, 1.807) is 11.0 Å². The highest BCUT2D eigenvalue weighted by molar-refractivity contribution is 7.21. The molecule has 1 saturated carbocycles. The molecule has 0 atom stereocenters. The molecule has 0 radical (unpaired) electrons. The van der Waals surface area contributed by atoms with Crippen LogP contribution in [0.5, 0.6) is 0 Å². The average Bonchev–Trinajstić information content (AvgIpc) is 3.20. The molecule has 0 saturated heterocycles. The molecule has 2 aromatic rings. The summed E-state index contributed by atoms with van der Waals surface area (Å²) in [6, 6.07) is 5.67. The van der Waals surface area contributed by atoms with Crippen LogP contribution in [-0.2, 0) is 0 Å². The number of nitrogens with zero attached hydrogens (tertiary/aromatic N) is 1. The Morgan fingerprint density at radius 1 is 1.40 bits per heavy atom. The lowest BCUT2D eigenvalue weighted by molar-refractivity contribution is 0.0713. The molecule has 3 rings (SSSR count). The smallest absolute Gasteiger partial charge is 0.265 e. The fourth-order valence-electron chi connectivity index (χ4n) is 2.25. The molecule has 1 aliphatic carbocycles. The number of aliphatic hydroxyl groups is 1. The second-order valence-corrected chi connectivity index (χ2v) is 6.71. The standard InChI is InChI=1S/C14H13Cl2NO2S/c15-8-1-4-10-11(7-8)20-13(12(10)16)14(19)17(5-6-18)9-2-3-9/h1,4,7,9,18H,2-3,5-6H2. The first-order valence-electron chi connectivity index (χ1n) is 6.41. The number of halogens is 2. The number of aliphatic hydroxyl groups excluding tert-OH is 1. The molecule has 1 amide bonds. The predicted octanol–water partition coefficient (Wildman–Crippen LogP) is 3.81. The van der Waals surface area contributed by atoms with Crippen LogP contribution in [0.15, 0.2) is 18.2 Å². The molecule has 1 aliphatic rings. The minimum atomic E-state index is -0.0936. The number of carbonyl (C=O) groups is 1. The van der Waals surface area contributed by atoms with Gasteiger partial charge in [-0.25, -0.2) is 0 Å². The Balaban J connectivity index is 2.00. The number of fused-ring (bicyclic) bond motifs is 1. The van der Waals surface area contributed by atoms with E-state index in [0.717, 1.165) is 22.9 Å². The van der Waals surface area contributed by atoms with Crippen molar-refractivity contribution in [3.8, 4) is 0 Å². The van der Waals surface area contributed by atoms with E-state index in [4.69, 9.17) is 28.3 Å². The first-order valence-corrected chi connectivity index (χ1v) is 7.98. The van der Waals surface area contributed by atoms with Gasteiger partial charge in [-0.2, -0.15) is 0 Å². The molecule has 0 unspecified atom stereocenters. The second-order valence-electron chi connectivity index (χ2n) is 4.84. The van der Waals surface area contributed by atoms with Gasteiger partial charge in [-0.05, 0) is 25.0 Å². The quantitative estimate of drug-likeness (QED) is 0.926. The summed E-state index contributed by atoms with van der Waals surface area (Å²) in [6.45, 7) is 0.325. The first-order chi connectivity index (χ1) is 9.61. The average molecular weight is 330 g/mol. The summed E-state index contributed by atoms with van der Waals surface area (Å²) in [4.78, 5) is 14.9. The highest BCUT2D eigenvalue weighted by Crippen LogP contribution is 2.39. The number of thiophene rings is 1. The molecule has 0 spiro atoms. The summed E-state index contributed by atoms with van der Waals surface area (Å²) in [6.07, 6.45) is 2.00. The number of benzene rings is 1. The first kappa shape index (κ1) is 14.1. The maximum atomic E-state index is 12.6. The molecular formula is C14H13Cl2NO2S. The van der Waals surface area contributed by atoms with Crippen LogP contribution in [0.3, 0.4) is 0 Å². The topological polar surface area (TPSA) is 40.5 Å². The van der Waals surface area contributed by atoms with Crippen molar-refractivity contribution in [1.82, 2.24) is 4.90 Å². The van der Waals surface area contributed by atoms with Gasteiger partial charge in [0.05, 0.1) is 11.6 Å². The number of rotatable bonds is 4. The summed E-state index contributed by atoms with van der Waals surface area (Å²) in [5.74, 6) is -0.0936. The second kappa shape index (κ2) is 5.53. The van der Waals surface area contributed by atoms with Crippen LogP contribution >= 0.6 is 34.5 Å². The molecule has 1 fully saturated rings. The fourth-order valence-corrected chi connectivity index (χ4v) is 4.00. The lowest BCUT2D eigenvalue weighted by atomic mass is 10.2. The van der Waals surface area contributed by atoms with Gasteiger partial charge in [-0.1, -0.05) is 29.3 Å². The van der Waals surface area contributed by atoms with Gasteiger partial charge < -0.3 is 10.0 Å². The highest BCUT2D eigenvalue weighted by atomic mass is 35.5. The Morgan fingerprint density at radius 2 is 2.15 bits per heavy atom. The summed E-state index contributed by atoms with van der Waals surface area (Å²) in [5.41, 5.74) is 0. The normalized spacial score (nSPS) is 14.8. The van der Waals surface area contributed by atoms with Crippen LogP contribution < -0.4 is 0 Å². The van der Waals surface area contributed by atoms with E-state index in [0.29, 0.717) is 21.5 Å². The maximum Gasteiger partial charge on any atom is 0.265 e. The van der Waals surface area contributed by atoms with Crippen molar-refractivity contribution in [2.75, 3.05) is 13.2 Å². The minimum absolute atomic E-state index is 0.0312. The lowest BCUT2D eigenvalue weighted by Gasteiger charge is -2.20. The number of carbonyl (C=O) groups excluding carboxylic acids is 1. The SMILES string of the molecule is O=C(c1sc2cc(Cl)ccc2c1Cl)N(CCO)C1CC1. The van der Waals surface area contributed by atoms with Crippen LogP contribution in [0, 0.1) is 0 Å². The van der Waals surface area contributed by atoms with Gasteiger partial charge in [0.1, 0.15) is 4.88 Å². The Morgan fingerprint density at radius 3 is 2.80 bits per heavy atom. The van der Waals surface area contributed by atoms with Crippen molar-refractivity contribution < 1.29 is 9.90 Å². The van der Waals surface area contributed by atoms with Crippen molar-refractivity contribution in [3.05, 3.63) is 33.1 Å². The van der Waals surface area contributed by atoms with E-state index in [-0.39, 0.29) is 18.6 Å². The molecule has 6 heteroatoms. The van der Waals surface area contributed by atoms with E-state index in [2.05, 4.69) is 0 Å². The van der Waals surface area contributed by atoms with E-state index in [9.17, 15) is 4.79 Å². The summed E-state index contributed by atoms with van der Waals surface area (Å²) in [7, 11) is 0. The Labute approximate surface area is 130 Å². The van der Waals surface area contributed by atoms with Gasteiger partial charge in [-0.3, -0.25) is 4.79 Å². The Bertz CT molecular complexity index is 666. The van der Waals surface area contributed by atoms with Gasteiger partial charge >= 0.3 is 0 Å². The van der Waals surface area contributed by atoms with Gasteiger partial charge in [0.15, 0.2) is 0 Å². The van der Waals surface area contributed by atoms with Gasteiger partial charge in [-0.15, -0.1) is 11.3 Å². The van der Waals surface area contributed by atoms with Gasteiger partial charge in [0.25, 0.3) is 5.91 Å². The third kappa shape index (κ3) is 2.53. The molecule has 1 aromatic heterocycles. The third-order valence-electron chi connectivity index (χ3n) is 3.38. The third-order valence-corrected chi connectivity index (χ3v) is 5.26. The minimum Gasteiger partial charge on any atom is -0.395 e. The molecular weight excluding hydrogens is 317 g/mol. The predicted molar refractivity (Wildman–Crippen MR) is 83.0 cm³/mol. The summed E-state index contributed by atoms with van der Waals surface area (Å²) < 4.78 is 0.908. The van der Waals surface area contributed by atoms with Crippen LogP contribution in [-0.4, -0.2) is 35.1 Å². The van der Waals surface area contributed by atoms with Crippen molar-refractivity contribution >= 4 is 50.5 Å². The largest absolute Gasteiger partial charge is 0.395 e. The van der Waals surface area contributed by atoms with Crippen LogP contribution in [0.1, 0.15) is 22.5 Å². The van der Waals surface area contributed by atoms with Crippen molar-refractivity contribution in [3.63, 3.8) is 0 Å². The Kier molecular flexibility index (Phi) is 3.91. The molecule has 0 bridgehead atoms. The van der Waals surface area contributed by atoms with E-state index >= 15 is 0 Å². The molecule has 106 valence electrons. The van der Waals surface area contributed by atoms with Crippen LogP contribution in [0.2, 0.25) is 10.0 Å². The zero-order chi connectivity index (χ0) is 14.3. The summed E-state index contributed by atoms with van der Waals surface area (Å²) in [5, 5.41) is 11.1. The molecule has 1 N–H and O–H groups in total. The molecule has 1 aromatic carbocycles. The molecule has 3 nitrogen and oxygen atoms in total. The zero-order valence-electron chi connectivity index (χ0n) is 10.6. The van der Waals surface area contributed by atoms with E-state index < -0.39 is 0 Å². The lowest BCUT2D eigenvalue weighted by Crippen LogP contribution is -2.35. The Hall–Kier alpha value is -0.810. The highest BCUT2D eigenvalue weighted by Gasteiger charge is 2.34. The van der Waals surface area contributed by atoms with Crippen molar-refractivity contribution in [2.45, 2.75) is 18.9 Å². The molecule has 1 heterocycles. The van der Waals surface area contributed by atoms with E-state index in [1.807, 2.05) is 12.1 Å². The molecule has 20 heavy (non-hydrogen) atoms. The maximum absolute atomic E-state index is 12.6. The van der Waals surface area contributed by atoms with Gasteiger partial charge in [0, 0.05) is 27.7 Å². The number of hydrogen-bond acceptors (Lipinski definition) is 3. The number of amides is 1. The van der Waals surface area contributed by atoms with Crippen LogP contribution in [0.4, 0.5) is 0 Å². The molecule has 0 aliphatic heterocycles.